The van der Waals surface area contributed by atoms with Crippen LogP contribution in [-0.4, -0.2) is 24.0 Å². The highest BCUT2D eigenvalue weighted by molar-refractivity contribution is 5.88. The van der Waals surface area contributed by atoms with E-state index >= 15 is 0 Å². The van der Waals surface area contributed by atoms with Gasteiger partial charge in [-0.3, -0.25) is 4.90 Å². The summed E-state index contributed by atoms with van der Waals surface area (Å²) in [7, 11) is 0. The van der Waals surface area contributed by atoms with Crippen molar-refractivity contribution in [2.45, 2.75) is 38.1 Å². The van der Waals surface area contributed by atoms with Gasteiger partial charge in [0.1, 0.15) is 11.5 Å². The first-order chi connectivity index (χ1) is 12.4. The predicted molar refractivity (Wildman–Crippen MR) is 102 cm³/mol. The van der Waals surface area contributed by atoms with Crippen molar-refractivity contribution in [1.29, 1.82) is 0 Å². The average molecular weight is 331 g/mol. The fourth-order valence-corrected chi connectivity index (χ4v) is 4.91. The second-order valence-corrected chi connectivity index (χ2v) is 7.58. The molecule has 0 spiro atoms. The Morgan fingerprint density at radius 2 is 1.48 bits per heavy atom. The number of benzene rings is 2. The molecule has 25 heavy (non-hydrogen) atoms. The van der Waals surface area contributed by atoms with E-state index in [1.807, 2.05) is 0 Å². The van der Waals surface area contributed by atoms with Gasteiger partial charge < -0.3 is 4.74 Å². The molecule has 5 rings (SSSR count). The summed E-state index contributed by atoms with van der Waals surface area (Å²) in [5.41, 5.74) is 3.86. The standard InChI is InChI=1S/C23H25NO/c1-3-12-22-18(9-1)20(19-10-2-4-13-23(19)25-22)16-17-8-7-15-24-14-6-5-11-21(17)24/h1-4,9-10,12-13,16-17,21H,5-8,11,14-15H2/t17-,21-/m1/s1. The minimum atomic E-state index is 0.656. The Hall–Kier alpha value is -2.06. The third-order valence-corrected chi connectivity index (χ3v) is 6.10. The summed E-state index contributed by atoms with van der Waals surface area (Å²) in [5.74, 6) is 2.63. The number of hydrogen-bond acceptors (Lipinski definition) is 2. The van der Waals surface area contributed by atoms with Crippen LogP contribution in [0.4, 0.5) is 0 Å². The van der Waals surface area contributed by atoms with Crippen LogP contribution in [0.5, 0.6) is 11.5 Å². The molecule has 3 aliphatic rings. The van der Waals surface area contributed by atoms with Gasteiger partial charge in [-0.1, -0.05) is 48.9 Å². The SMILES string of the molecule is C(=C1c2ccccc2Oc2ccccc21)[C@H]1CCCN2CCCC[C@H]12. The van der Waals surface area contributed by atoms with Gasteiger partial charge in [-0.15, -0.1) is 0 Å². The Morgan fingerprint density at radius 1 is 0.800 bits per heavy atom. The van der Waals surface area contributed by atoms with Gasteiger partial charge in [0.15, 0.2) is 0 Å². The van der Waals surface area contributed by atoms with Crippen LogP contribution in [0.15, 0.2) is 54.6 Å². The Morgan fingerprint density at radius 3 is 2.24 bits per heavy atom. The number of hydrogen-bond donors (Lipinski definition) is 0. The Labute approximate surface area is 150 Å². The van der Waals surface area contributed by atoms with Crippen molar-refractivity contribution in [3.05, 3.63) is 65.7 Å². The van der Waals surface area contributed by atoms with Gasteiger partial charge in [0.25, 0.3) is 0 Å². The number of fused-ring (bicyclic) bond motifs is 3. The molecule has 0 aliphatic carbocycles. The van der Waals surface area contributed by atoms with Crippen molar-refractivity contribution in [3.8, 4) is 11.5 Å². The van der Waals surface area contributed by atoms with Crippen molar-refractivity contribution < 1.29 is 4.74 Å². The molecule has 0 amide bonds. The van der Waals surface area contributed by atoms with E-state index in [1.165, 1.54) is 61.9 Å². The van der Waals surface area contributed by atoms with Crippen LogP contribution in [0.2, 0.25) is 0 Å². The van der Waals surface area contributed by atoms with Crippen LogP contribution >= 0.6 is 0 Å². The number of piperidine rings is 2. The zero-order valence-electron chi connectivity index (χ0n) is 14.7. The smallest absolute Gasteiger partial charge is 0.135 e. The normalized spacial score (nSPS) is 25.4. The summed E-state index contributed by atoms with van der Waals surface area (Å²) < 4.78 is 6.15. The summed E-state index contributed by atoms with van der Waals surface area (Å²) in [6.45, 7) is 2.58. The van der Waals surface area contributed by atoms with Gasteiger partial charge in [0, 0.05) is 17.2 Å². The summed E-state index contributed by atoms with van der Waals surface area (Å²) in [6, 6.07) is 17.7. The maximum Gasteiger partial charge on any atom is 0.135 e. The van der Waals surface area contributed by atoms with Crippen LogP contribution in [0, 0.1) is 5.92 Å². The lowest BCUT2D eigenvalue weighted by molar-refractivity contribution is 0.0786. The first-order valence-corrected chi connectivity index (χ1v) is 9.73. The van der Waals surface area contributed by atoms with Crippen LogP contribution in [0.1, 0.15) is 43.2 Å². The second-order valence-electron chi connectivity index (χ2n) is 7.58. The monoisotopic (exact) mass is 331 g/mol. The molecule has 2 aromatic rings. The molecule has 3 aliphatic heterocycles. The van der Waals surface area contributed by atoms with E-state index in [1.54, 1.807) is 0 Å². The number of rotatable bonds is 1. The molecule has 0 bridgehead atoms. The fourth-order valence-electron chi connectivity index (χ4n) is 4.91. The molecule has 0 radical (unpaired) electrons. The average Bonchev–Trinajstić information content (AvgIpc) is 2.68. The van der Waals surface area contributed by atoms with Crippen LogP contribution < -0.4 is 4.74 Å². The maximum atomic E-state index is 6.15. The van der Waals surface area contributed by atoms with E-state index in [0.29, 0.717) is 5.92 Å². The van der Waals surface area contributed by atoms with Crippen LogP contribution in [0.25, 0.3) is 5.57 Å². The second kappa shape index (κ2) is 6.34. The molecule has 2 atom stereocenters. The molecule has 2 saturated heterocycles. The van der Waals surface area contributed by atoms with Gasteiger partial charge in [-0.25, -0.2) is 0 Å². The van der Waals surface area contributed by atoms with Crippen molar-refractivity contribution in [3.63, 3.8) is 0 Å². The maximum absolute atomic E-state index is 6.15. The van der Waals surface area contributed by atoms with Crippen molar-refractivity contribution in [2.75, 3.05) is 13.1 Å². The highest BCUT2D eigenvalue weighted by Gasteiger charge is 2.33. The third kappa shape index (κ3) is 2.69. The van der Waals surface area contributed by atoms with Crippen molar-refractivity contribution in [1.82, 2.24) is 4.90 Å². The predicted octanol–water partition coefficient (Wildman–Crippen LogP) is 5.49. The molecular formula is C23H25NO. The first-order valence-electron chi connectivity index (χ1n) is 9.73. The Balaban J connectivity index is 1.59. The molecular weight excluding hydrogens is 306 g/mol. The summed E-state index contributed by atoms with van der Waals surface area (Å²) in [4.78, 5) is 2.74. The summed E-state index contributed by atoms with van der Waals surface area (Å²) in [6.07, 6.45) is 9.33. The molecule has 0 aromatic heterocycles. The summed E-state index contributed by atoms with van der Waals surface area (Å²) >= 11 is 0. The molecule has 2 aromatic carbocycles. The zero-order chi connectivity index (χ0) is 16.6. The number of para-hydroxylation sites is 2. The van der Waals surface area contributed by atoms with E-state index in [0.717, 1.165) is 17.5 Å². The van der Waals surface area contributed by atoms with E-state index in [-0.39, 0.29) is 0 Å². The minimum Gasteiger partial charge on any atom is -0.456 e. The molecule has 2 nitrogen and oxygen atoms in total. The Kier molecular flexibility index (Phi) is 3.86. The van der Waals surface area contributed by atoms with Gasteiger partial charge >= 0.3 is 0 Å². The van der Waals surface area contributed by atoms with Gasteiger partial charge in [-0.2, -0.15) is 0 Å². The molecule has 0 unspecified atom stereocenters. The number of nitrogens with zero attached hydrogens (tertiary/aromatic N) is 1. The lowest BCUT2D eigenvalue weighted by Gasteiger charge is -2.43. The van der Waals surface area contributed by atoms with Crippen LogP contribution in [0.3, 0.4) is 0 Å². The highest BCUT2D eigenvalue weighted by Crippen LogP contribution is 2.45. The van der Waals surface area contributed by atoms with Crippen molar-refractivity contribution >= 4 is 5.57 Å². The molecule has 2 fully saturated rings. The molecule has 0 saturated carbocycles. The first kappa shape index (κ1) is 15.2. The topological polar surface area (TPSA) is 12.5 Å². The lowest BCUT2D eigenvalue weighted by Crippen LogP contribution is -2.47. The van der Waals surface area contributed by atoms with E-state index in [2.05, 4.69) is 59.5 Å². The molecule has 128 valence electrons. The third-order valence-electron chi connectivity index (χ3n) is 6.10. The van der Waals surface area contributed by atoms with Gasteiger partial charge in [0.05, 0.1) is 0 Å². The lowest BCUT2D eigenvalue weighted by atomic mass is 9.80. The van der Waals surface area contributed by atoms with Crippen LogP contribution in [-0.2, 0) is 0 Å². The quantitative estimate of drug-likeness (QED) is 0.585. The summed E-state index contributed by atoms with van der Waals surface area (Å²) in [5, 5.41) is 0. The number of ether oxygens (including phenoxy) is 1. The van der Waals surface area contributed by atoms with E-state index in [4.69, 9.17) is 4.74 Å². The Bertz CT molecular complexity index is 760. The van der Waals surface area contributed by atoms with Crippen molar-refractivity contribution in [2.24, 2.45) is 5.92 Å². The van der Waals surface area contributed by atoms with Gasteiger partial charge in [0.2, 0.25) is 0 Å². The highest BCUT2D eigenvalue weighted by atomic mass is 16.5. The van der Waals surface area contributed by atoms with Gasteiger partial charge in [-0.05, 0) is 62.4 Å². The van der Waals surface area contributed by atoms with E-state index < -0.39 is 0 Å². The zero-order valence-corrected chi connectivity index (χ0v) is 14.7. The largest absolute Gasteiger partial charge is 0.456 e. The molecule has 3 heterocycles. The molecule has 0 N–H and O–H groups in total. The molecule has 2 heteroatoms. The fraction of sp³-hybridized carbons (Fsp3) is 0.391. The minimum absolute atomic E-state index is 0.656. The van der Waals surface area contributed by atoms with E-state index in [9.17, 15) is 0 Å².